The van der Waals surface area contributed by atoms with Gasteiger partial charge in [-0.2, -0.15) is 0 Å². The molecule has 1 aliphatic heterocycles. The van der Waals surface area contributed by atoms with E-state index < -0.39 is 11.7 Å². The zero-order valence-electron chi connectivity index (χ0n) is 23.9. The van der Waals surface area contributed by atoms with Crippen molar-refractivity contribution in [2.45, 2.75) is 52.9 Å². The predicted molar refractivity (Wildman–Crippen MR) is 167 cm³/mol. The number of ether oxygens (including phenoxy) is 1. The van der Waals surface area contributed by atoms with Crippen molar-refractivity contribution in [1.82, 2.24) is 15.0 Å². The number of ketones is 1. The van der Waals surface area contributed by atoms with Crippen LogP contribution in [-0.2, 0) is 16.1 Å². The number of rotatable bonds is 6. The summed E-state index contributed by atoms with van der Waals surface area (Å²) in [5.41, 5.74) is 6.21. The Hall–Kier alpha value is -3.98. The summed E-state index contributed by atoms with van der Waals surface area (Å²) in [5.74, 6) is 0.363. The maximum Gasteiger partial charge on any atom is 0.261 e. The lowest BCUT2D eigenvalue weighted by Crippen LogP contribution is -2.27. The van der Waals surface area contributed by atoms with E-state index in [1.807, 2.05) is 76.2 Å². The molecule has 1 amide bonds. The Morgan fingerprint density at radius 1 is 1.07 bits per heavy atom. The average Bonchev–Trinajstić information content (AvgIpc) is 3.52. The smallest absolute Gasteiger partial charge is 0.261 e. The number of hydrogen-bond donors (Lipinski definition) is 0. The molecule has 0 bridgehead atoms. The molecule has 9 heteroatoms. The molecule has 0 unspecified atom stereocenters. The van der Waals surface area contributed by atoms with Crippen LogP contribution in [0.5, 0.6) is 0 Å². The van der Waals surface area contributed by atoms with Gasteiger partial charge in [0.25, 0.3) is 5.91 Å². The van der Waals surface area contributed by atoms with Crippen LogP contribution in [0.4, 0.5) is 5.82 Å². The summed E-state index contributed by atoms with van der Waals surface area (Å²) in [4.78, 5) is 41.4. The fraction of sp³-hybridized carbons (Fsp3) is 0.242. The first kappa shape index (κ1) is 28.2. The molecule has 6 rings (SSSR count). The lowest BCUT2D eigenvalue weighted by atomic mass is 9.90. The summed E-state index contributed by atoms with van der Waals surface area (Å²) >= 11 is 7.79. The normalized spacial score (nSPS) is 14.0. The van der Waals surface area contributed by atoms with Gasteiger partial charge in [0.1, 0.15) is 16.9 Å². The number of Topliss-reactive ketones (excluding diaryl/α,β-unsaturated/α-hetero) is 1. The molecule has 212 valence electrons. The first-order valence-corrected chi connectivity index (χ1v) is 14.8. The van der Waals surface area contributed by atoms with Crippen molar-refractivity contribution in [3.8, 4) is 21.7 Å². The molecule has 1 aliphatic rings. The highest BCUT2D eigenvalue weighted by Crippen LogP contribution is 2.44. The van der Waals surface area contributed by atoms with Crippen LogP contribution in [0.2, 0.25) is 5.02 Å². The van der Waals surface area contributed by atoms with E-state index in [0.717, 1.165) is 48.6 Å². The summed E-state index contributed by atoms with van der Waals surface area (Å²) < 4.78 is 7.30. The Labute approximate surface area is 253 Å². The van der Waals surface area contributed by atoms with Crippen molar-refractivity contribution in [1.29, 1.82) is 0 Å². The summed E-state index contributed by atoms with van der Waals surface area (Å²) in [5, 5.41) is 1.41. The number of hydrogen-bond acceptors (Lipinski definition) is 7. The van der Waals surface area contributed by atoms with Crippen LogP contribution in [0.15, 0.2) is 67.1 Å². The average molecular weight is 597 g/mol. The van der Waals surface area contributed by atoms with Crippen molar-refractivity contribution in [3.05, 3.63) is 94.4 Å². The van der Waals surface area contributed by atoms with E-state index in [-0.39, 0.29) is 11.7 Å². The van der Waals surface area contributed by atoms with E-state index in [9.17, 15) is 9.59 Å². The van der Waals surface area contributed by atoms with Crippen LogP contribution >= 0.6 is 22.9 Å². The zero-order valence-corrected chi connectivity index (χ0v) is 25.5. The highest BCUT2D eigenvalue weighted by Gasteiger charge is 2.32. The molecule has 0 fully saturated rings. The lowest BCUT2D eigenvalue weighted by Gasteiger charge is -2.29. The molecule has 7 nitrogen and oxygen atoms in total. The third-order valence-corrected chi connectivity index (χ3v) is 8.54. The number of carbonyl (C=O) groups excluding carboxylic acids is 2. The minimum atomic E-state index is -0.754. The molecule has 0 saturated heterocycles. The van der Waals surface area contributed by atoms with E-state index in [4.69, 9.17) is 21.3 Å². The van der Waals surface area contributed by atoms with Crippen molar-refractivity contribution in [2.75, 3.05) is 4.90 Å². The molecule has 4 heterocycles. The molecule has 0 aliphatic carbocycles. The van der Waals surface area contributed by atoms with Gasteiger partial charge >= 0.3 is 0 Å². The van der Waals surface area contributed by atoms with Crippen LogP contribution in [-0.4, -0.2) is 32.2 Å². The van der Waals surface area contributed by atoms with Gasteiger partial charge in [-0.15, -0.1) is 11.3 Å². The van der Waals surface area contributed by atoms with Crippen LogP contribution in [0.3, 0.4) is 0 Å². The van der Waals surface area contributed by atoms with Crippen LogP contribution in [0, 0.1) is 6.92 Å². The second-order valence-electron chi connectivity index (χ2n) is 11.4. The van der Waals surface area contributed by atoms with Crippen molar-refractivity contribution in [3.63, 3.8) is 0 Å². The summed E-state index contributed by atoms with van der Waals surface area (Å²) in [6, 6.07) is 15.3. The standard InChI is InChI=1S/C33H29ClN4O3S/c1-18-14-25-30(28(20-6-8-23(34)9-7-20)27(18)29(19(2)39)41-33(3,4)5)42-31(37-25)21-11-13-36-26(15-21)38-17-22-10-12-35-16-24(22)32(38)40/h6-16,29H,17H2,1-5H3/t29-/m1/s1. The van der Waals surface area contributed by atoms with Crippen LogP contribution in [0.1, 0.15) is 60.8 Å². The second kappa shape index (κ2) is 10.7. The minimum Gasteiger partial charge on any atom is -0.360 e. The van der Waals surface area contributed by atoms with Gasteiger partial charge in [0.2, 0.25) is 0 Å². The van der Waals surface area contributed by atoms with Gasteiger partial charge in [0, 0.05) is 40.3 Å². The van der Waals surface area contributed by atoms with E-state index in [1.165, 1.54) is 11.3 Å². The molecule has 2 aromatic carbocycles. The zero-order chi connectivity index (χ0) is 29.8. The molecule has 42 heavy (non-hydrogen) atoms. The van der Waals surface area contributed by atoms with Gasteiger partial charge in [-0.25, -0.2) is 9.97 Å². The van der Waals surface area contributed by atoms with Crippen molar-refractivity contribution < 1.29 is 14.3 Å². The van der Waals surface area contributed by atoms with Gasteiger partial charge in [-0.05, 0) is 87.7 Å². The maximum absolute atomic E-state index is 13.1. The Morgan fingerprint density at radius 3 is 2.52 bits per heavy atom. The van der Waals surface area contributed by atoms with Gasteiger partial charge in [-0.1, -0.05) is 23.7 Å². The third kappa shape index (κ3) is 5.22. The topological polar surface area (TPSA) is 85.3 Å². The molecule has 1 atom stereocenters. The number of thiazole rings is 1. The quantitative estimate of drug-likeness (QED) is 0.197. The van der Waals surface area contributed by atoms with Gasteiger partial charge in [0.15, 0.2) is 5.78 Å². The molecular formula is C33H29ClN4O3S. The Balaban J connectivity index is 1.50. The highest BCUT2D eigenvalue weighted by molar-refractivity contribution is 7.22. The van der Waals surface area contributed by atoms with Crippen LogP contribution < -0.4 is 4.90 Å². The number of nitrogens with zero attached hydrogens (tertiary/aromatic N) is 4. The fourth-order valence-corrected chi connectivity index (χ4v) is 6.55. The first-order chi connectivity index (χ1) is 20.0. The van der Waals surface area contributed by atoms with Crippen LogP contribution in [0.25, 0.3) is 31.9 Å². The van der Waals surface area contributed by atoms with E-state index >= 15 is 0 Å². The number of carbonyl (C=O) groups is 2. The number of fused-ring (bicyclic) bond motifs is 2. The maximum atomic E-state index is 13.1. The summed E-state index contributed by atoms with van der Waals surface area (Å²) in [7, 11) is 0. The van der Waals surface area contributed by atoms with Gasteiger partial charge < -0.3 is 4.74 Å². The van der Waals surface area contributed by atoms with Gasteiger partial charge in [0.05, 0.1) is 27.9 Å². The number of aryl methyl sites for hydroxylation is 1. The summed E-state index contributed by atoms with van der Waals surface area (Å²) in [6.07, 6.45) is 4.24. The molecule has 0 radical (unpaired) electrons. The molecule has 0 saturated carbocycles. The van der Waals surface area contributed by atoms with E-state index in [1.54, 1.807) is 30.4 Å². The second-order valence-corrected chi connectivity index (χ2v) is 12.8. The number of amides is 1. The fourth-order valence-electron chi connectivity index (χ4n) is 5.30. The molecule has 5 aromatic rings. The Morgan fingerprint density at radius 2 is 1.83 bits per heavy atom. The third-order valence-electron chi connectivity index (χ3n) is 7.15. The number of halogens is 1. The Bertz CT molecular complexity index is 1860. The molecule has 3 aromatic heterocycles. The predicted octanol–water partition coefficient (Wildman–Crippen LogP) is 7.99. The SMILES string of the molecule is CC(=O)[C@@H](OC(C)(C)C)c1c(C)cc2nc(-c3ccnc(N4Cc5ccncc5C4=O)c3)sc2c1-c1ccc(Cl)cc1. The van der Waals surface area contributed by atoms with Gasteiger partial charge in [-0.3, -0.25) is 19.5 Å². The largest absolute Gasteiger partial charge is 0.360 e. The number of anilines is 1. The summed E-state index contributed by atoms with van der Waals surface area (Å²) in [6.45, 7) is 9.85. The molecule has 0 N–H and O–H groups in total. The van der Waals surface area contributed by atoms with E-state index in [2.05, 4.69) is 9.97 Å². The highest BCUT2D eigenvalue weighted by atomic mass is 35.5. The number of aromatic nitrogens is 3. The number of pyridine rings is 2. The molecular weight excluding hydrogens is 568 g/mol. The monoisotopic (exact) mass is 596 g/mol. The van der Waals surface area contributed by atoms with E-state index in [0.29, 0.717) is 22.9 Å². The lowest BCUT2D eigenvalue weighted by molar-refractivity contribution is -0.138. The van der Waals surface area contributed by atoms with Crippen molar-refractivity contribution in [2.24, 2.45) is 0 Å². The number of benzene rings is 2. The first-order valence-electron chi connectivity index (χ1n) is 13.6. The molecule has 0 spiro atoms. The Kier molecular flexibility index (Phi) is 7.17. The van der Waals surface area contributed by atoms with Crippen molar-refractivity contribution >= 4 is 50.7 Å². The minimum absolute atomic E-state index is 0.0717.